The summed E-state index contributed by atoms with van der Waals surface area (Å²) < 4.78 is 0. The molecular formula is C17H17N5O. The number of rotatable bonds is 1. The normalized spacial score (nSPS) is 17.3. The van der Waals surface area contributed by atoms with Gasteiger partial charge in [-0.3, -0.25) is 9.78 Å². The highest BCUT2D eigenvalue weighted by molar-refractivity contribution is 5.94. The lowest BCUT2D eigenvalue weighted by molar-refractivity contribution is 0.0666. The Bertz CT molecular complexity index is 901. The van der Waals surface area contributed by atoms with Gasteiger partial charge in [0.2, 0.25) is 0 Å². The summed E-state index contributed by atoms with van der Waals surface area (Å²) >= 11 is 0. The van der Waals surface area contributed by atoms with Gasteiger partial charge < -0.3 is 9.88 Å². The number of carbonyl (C=O) groups excluding carboxylic acids is 1. The van der Waals surface area contributed by atoms with Gasteiger partial charge in [-0.15, -0.1) is 0 Å². The molecular weight excluding hydrogens is 290 g/mol. The van der Waals surface area contributed by atoms with Crippen LogP contribution < -0.4 is 0 Å². The second-order valence-corrected chi connectivity index (χ2v) is 5.91. The van der Waals surface area contributed by atoms with Crippen molar-refractivity contribution in [1.29, 1.82) is 0 Å². The molecule has 0 aromatic carbocycles. The van der Waals surface area contributed by atoms with Crippen molar-refractivity contribution in [1.82, 2.24) is 24.8 Å². The number of hydrogen-bond acceptors (Lipinski definition) is 4. The van der Waals surface area contributed by atoms with Crippen molar-refractivity contribution in [2.75, 3.05) is 6.54 Å². The van der Waals surface area contributed by atoms with Gasteiger partial charge in [0.05, 0.1) is 11.6 Å². The zero-order chi connectivity index (χ0) is 16.0. The number of aromatic nitrogens is 4. The quantitative estimate of drug-likeness (QED) is 0.749. The highest BCUT2D eigenvalue weighted by Crippen LogP contribution is 2.29. The second-order valence-electron chi connectivity index (χ2n) is 5.91. The zero-order valence-electron chi connectivity index (χ0n) is 13.1. The van der Waals surface area contributed by atoms with Crippen molar-refractivity contribution in [3.63, 3.8) is 0 Å². The maximum atomic E-state index is 12.9. The van der Waals surface area contributed by atoms with Crippen LogP contribution in [0.2, 0.25) is 0 Å². The average molecular weight is 307 g/mol. The molecule has 0 unspecified atom stereocenters. The van der Waals surface area contributed by atoms with E-state index in [1.165, 1.54) is 5.56 Å². The van der Waals surface area contributed by atoms with Crippen molar-refractivity contribution < 1.29 is 4.79 Å². The standard InChI is InChI=1S/C17H17N5O/c1-10-3-7-19-15-14(10)20-16(21-15)17(23)22-8-5-12-9-18-6-4-13(12)11(22)2/h3-4,6-7,9,11H,5,8H2,1-2H3,(H,19,20,21)/t11-/m1/s1. The van der Waals surface area contributed by atoms with Crippen molar-refractivity contribution in [3.05, 3.63) is 53.2 Å². The molecule has 3 aromatic heterocycles. The van der Waals surface area contributed by atoms with Gasteiger partial charge in [-0.25, -0.2) is 9.97 Å². The first-order chi connectivity index (χ1) is 11.1. The van der Waals surface area contributed by atoms with E-state index < -0.39 is 0 Å². The largest absolute Gasteiger partial charge is 0.332 e. The number of nitrogens with one attached hydrogen (secondary N) is 1. The minimum atomic E-state index is -0.0858. The van der Waals surface area contributed by atoms with Crippen molar-refractivity contribution >= 4 is 17.1 Å². The third-order valence-corrected chi connectivity index (χ3v) is 4.54. The minimum Gasteiger partial charge on any atom is -0.332 e. The third-order valence-electron chi connectivity index (χ3n) is 4.54. The first-order valence-corrected chi connectivity index (χ1v) is 7.70. The molecule has 4 rings (SSSR count). The van der Waals surface area contributed by atoms with Crippen LogP contribution in [0.1, 0.15) is 40.3 Å². The third kappa shape index (κ3) is 2.18. The van der Waals surface area contributed by atoms with Gasteiger partial charge >= 0.3 is 0 Å². The Hall–Kier alpha value is -2.76. The number of hydrogen-bond donors (Lipinski definition) is 1. The lowest BCUT2D eigenvalue weighted by Gasteiger charge is -2.34. The highest BCUT2D eigenvalue weighted by atomic mass is 16.2. The van der Waals surface area contributed by atoms with Gasteiger partial charge in [0.25, 0.3) is 5.91 Å². The number of H-pyrrole nitrogens is 1. The lowest BCUT2D eigenvalue weighted by atomic mass is 9.95. The maximum Gasteiger partial charge on any atom is 0.290 e. The van der Waals surface area contributed by atoms with Crippen LogP contribution in [-0.2, 0) is 6.42 Å². The van der Waals surface area contributed by atoms with Crippen LogP contribution >= 0.6 is 0 Å². The molecule has 0 aliphatic carbocycles. The molecule has 116 valence electrons. The number of pyridine rings is 2. The number of fused-ring (bicyclic) bond motifs is 2. The van der Waals surface area contributed by atoms with E-state index in [0.29, 0.717) is 18.0 Å². The van der Waals surface area contributed by atoms with Crippen LogP contribution in [0.3, 0.4) is 0 Å². The zero-order valence-corrected chi connectivity index (χ0v) is 13.1. The minimum absolute atomic E-state index is 0.0107. The van der Waals surface area contributed by atoms with E-state index in [1.807, 2.05) is 37.1 Å². The predicted octanol–water partition coefficient (Wildman–Crippen LogP) is 2.42. The van der Waals surface area contributed by atoms with Gasteiger partial charge in [0.1, 0.15) is 0 Å². The summed E-state index contributed by atoms with van der Waals surface area (Å²) in [5, 5.41) is 0. The van der Waals surface area contributed by atoms with Crippen molar-refractivity contribution in [2.24, 2.45) is 0 Å². The smallest absolute Gasteiger partial charge is 0.290 e. The monoisotopic (exact) mass is 307 g/mol. The number of amides is 1. The van der Waals surface area contributed by atoms with Gasteiger partial charge in [0.15, 0.2) is 11.5 Å². The molecule has 23 heavy (non-hydrogen) atoms. The summed E-state index contributed by atoms with van der Waals surface area (Å²) in [7, 11) is 0. The lowest BCUT2D eigenvalue weighted by Crippen LogP contribution is -2.39. The fourth-order valence-corrected chi connectivity index (χ4v) is 3.21. The molecule has 0 bridgehead atoms. The topological polar surface area (TPSA) is 74.8 Å². The molecule has 3 aromatic rings. The van der Waals surface area contributed by atoms with Crippen molar-refractivity contribution in [2.45, 2.75) is 26.3 Å². The second kappa shape index (κ2) is 5.15. The molecule has 1 aliphatic heterocycles. The number of imidazole rings is 1. The van der Waals surface area contributed by atoms with E-state index in [1.54, 1.807) is 12.4 Å². The molecule has 6 nitrogen and oxygen atoms in total. The number of aromatic amines is 1. The summed E-state index contributed by atoms with van der Waals surface area (Å²) in [6.07, 6.45) is 6.19. The van der Waals surface area contributed by atoms with Gasteiger partial charge in [-0.1, -0.05) is 0 Å². The first-order valence-electron chi connectivity index (χ1n) is 7.70. The van der Waals surface area contributed by atoms with Crippen LogP contribution in [0.25, 0.3) is 11.2 Å². The van der Waals surface area contributed by atoms with Crippen LogP contribution in [0, 0.1) is 6.92 Å². The summed E-state index contributed by atoms with van der Waals surface area (Å²) in [5.74, 6) is 0.267. The number of nitrogens with zero attached hydrogens (tertiary/aromatic N) is 4. The maximum absolute atomic E-state index is 12.9. The molecule has 1 aliphatic rings. The van der Waals surface area contributed by atoms with E-state index in [9.17, 15) is 4.79 Å². The van der Waals surface area contributed by atoms with E-state index in [0.717, 1.165) is 23.1 Å². The first kappa shape index (κ1) is 13.9. The van der Waals surface area contributed by atoms with Crippen LogP contribution in [0.5, 0.6) is 0 Å². The van der Waals surface area contributed by atoms with E-state index >= 15 is 0 Å². The van der Waals surface area contributed by atoms with E-state index in [-0.39, 0.29) is 11.9 Å². The fourth-order valence-electron chi connectivity index (χ4n) is 3.21. The molecule has 0 spiro atoms. The molecule has 0 saturated carbocycles. The van der Waals surface area contributed by atoms with Gasteiger partial charge in [0, 0.05) is 25.1 Å². The molecule has 0 saturated heterocycles. The molecule has 6 heteroatoms. The van der Waals surface area contributed by atoms with Crippen LogP contribution in [0.4, 0.5) is 0 Å². The van der Waals surface area contributed by atoms with Crippen LogP contribution in [-0.4, -0.2) is 37.3 Å². The molecule has 1 N–H and O–H groups in total. The van der Waals surface area contributed by atoms with E-state index in [4.69, 9.17) is 0 Å². The Kier molecular flexibility index (Phi) is 3.11. The van der Waals surface area contributed by atoms with Crippen LogP contribution in [0.15, 0.2) is 30.7 Å². The molecule has 0 radical (unpaired) electrons. The molecule has 0 fully saturated rings. The Balaban J connectivity index is 1.70. The van der Waals surface area contributed by atoms with Gasteiger partial charge in [-0.05, 0) is 49.1 Å². The predicted molar refractivity (Wildman–Crippen MR) is 86.0 cm³/mol. The van der Waals surface area contributed by atoms with Crippen molar-refractivity contribution in [3.8, 4) is 0 Å². The SMILES string of the molecule is Cc1ccnc2nc(C(=O)N3CCc4cnccc4[C@H]3C)[nH]c12. The Labute approximate surface area is 133 Å². The van der Waals surface area contributed by atoms with E-state index in [2.05, 4.69) is 19.9 Å². The number of carbonyl (C=O) groups is 1. The number of aryl methyl sites for hydroxylation is 1. The Morgan fingerprint density at radius 3 is 3.04 bits per heavy atom. The average Bonchev–Trinajstić information content (AvgIpc) is 3.01. The fraction of sp³-hybridized carbons (Fsp3) is 0.294. The Morgan fingerprint density at radius 2 is 2.22 bits per heavy atom. The molecule has 1 amide bonds. The highest BCUT2D eigenvalue weighted by Gasteiger charge is 2.30. The molecule has 4 heterocycles. The summed E-state index contributed by atoms with van der Waals surface area (Å²) in [4.78, 5) is 30.6. The van der Waals surface area contributed by atoms with Gasteiger partial charge in [-0.2, -0.15) is 0 Å². The Morgan fingerprint density at radius 1 is 1.35 bits per heavy atom. The molecule has 1 atom stereocenters. The summed E-state index contributed by atoms with van der Waals surface area (Å²) in [6, 6.07) is 3.90. The summed E-state index contributed by atoms with van der Waals surface area (Å²) in [5.41, 5.74) is 4.81. The summed E-state index contributed by atoms with van der Waals surface area (Å²) in [6.45, 7) is 4.69.